The maximum absolute atomic E-state index is 12.1. The summed E-state index contributed by atoms with van der Waals surface area (Å²) in [6.45, 7) is 2.19. The molecule has 0 fully saturated rings. The lowest BCUT2D eigenvalue weighted by Crippen LogP contribution is -2.32. The summed E-state index contributed by atoms with van der Waals surface area (Å²) in [5.41, 5.74) is 8.07. The smallest absolute Gasteiger partial charge is 0.251 e. The van der Waals surface area contributed by atoms with E-state index in [0.717, 1.165) is 11.1 Å². The number of nitrogens with two attached hydrogens (primary N) is 1. The van der Waals surface area contributed by atoms with E-state index in [1.165, 1.54) is 0 Å². The van der Waals surface area contributed by atoms with E-state index >= 15 is 0 Å². The molecule has 1 atom stereocenters. The predicted octanol–water partition coefficient (Wildman–Crippen LogP) is 2.19. The van der Waals surface area contributed by atoms with Crippen molar-refractivity contribution < 1.29 is 8.78 Å². The summed E-state index contributed by atoms with van der Waals surface area (Å²) >= 11 is 0. The number of likely N-dealkylation sites (N-methyl/N-ethyl adjacent to an activating group) is 1. The van der Waals surface area contributed by atoms with Gasteiger partial charge >= 0.3 is 0 Å². The van der Waals surface area contributed by atoms with Crippen LogP contribution in [0.25, 0.3) is 0 Å². The first-order chi connectivity index (χ1) is 7.49. The number of hydrogen-bond acceptors (Lipinski definition) is 2. The topological polar surface area (TPSA) is 29.3 Å². The van der Waals surface area contributed by atoms with Crippen molar-refractivity contribution in [2.24, 2.45) is 5.73 Å². The van der Waals surface area contributed by atoms with E-state index in [1.54, 1.807) is 11.9 Å². The van der Waals surface area contributed by atoms with Crippen molar-refractivity contribution in [3.8, 4) is 0 Å². The summed E-state index contributed by atoms with van der Waals surface area (Å²) in [5.74, 6) is 0. The fraction of sp³-hybridized carbons (Fsp3) is 0.500. The number of aryl methyl sites for hydroxylation is 1. The molecule has 2 nitrogen and oxygen atoms in total. The van der Waals surface area contributed by atoms with Gasteiger partial charge < -0.3 is 5.73 Å². The number of hydrogen-bond donors (Lipinski definition) is 1. The molecule has 2 N–H and O–H groups in total. The van der Waals surface area contributed by atoms with Crippen LogP contribution in [0.4, 0.5) is 8.78 Å². The highest BCUT2D eigenvalue weighted by Crippen LogP contribution is 2.13. The number of rotatable bonds is 5. The van der Waals surface area contributed by atoms with E-state index in [9.17, 15) is 8.78 Å². The highest BCUT2D eigenvalue weighted by Gasteiger charge is 2.12. The maximum Gasteiger partial charge on any atom is 0.251 e. The van der Waals surface area contributed by atoms with Gasteiger partial charge in [-0.3, -0.25) is 4.90 Å². The average Bonchev–Trinajstić information content (AvgIpc) is 2.16. The molecule has 0 heterocycles. The van der Waals surface area contributed by atoms with Crippen molar-refractivity contribution in [3.63, 3.8) is 0 Å². The third-order valence-electron chi connectivity index (χ3n) is 2.43. The van der Waals surface area contributed by atoms with E-state index in [4.69, 9.17) is 5.73 Å². The number of nitrogens with zero attached hydrogens (tertiary/aromatic N) is 1. The molecule has 1 rings (SSSR count). The summed E-state index contributed by atoms with van der Waals surface area (Å²) in [5, 5.41) is 0. The predicted molar refractivity (Wildman–Crippen MR) is 61.6 cm³/mol. The summed E-state index contributed by atoms with van der Waals surface area (Å²) in [6.07, 6.45) is -2.31. The SMILES string of the molecule is Cc1cccc(C(N)CN(C)CC(F)F)c1. The summed E-state index contributed by atoms with van der Waals surface area (Å²) in [4.78, 5) is 1.55. The Bertz CT molecular complexity index is 329. The van der Waals surface area contributed by atoms with Crippen molar-refractivity contribution in [1.29, 1.82) is 0 Å². The molecule has 0 bridgehead atoms. The molecule has 0 aliphatic heterocycles. The normalized spacial score (nSPS) is 13.4. The van der Waals surface area contributed by atoms with Crippen LogP contribution in [0.15, 0.2) is 24.3 Å². The molecule has 4 heteroatoms. The van der Waals surface area contributed by atoms with Gasteiger partial charge in [-0.15, -0.1) is 0 Å². The van der Waals surface area contributed by atoms with E-state index in [-0.39, 0.29) is 12.6 Å². The molecule has 1 aromatic rings. The fourth-order valence-corrected chi connectivity index (χ4v) is 1.65. The lowest BCUT2D eigenvalue weighted by atomic mass is 10.0. The molecule has 0 saturated carbocycles. The second-order valence-corrected chi connectivity index (χ2v) is 4.13. The fourth-order valence-electron chi connectivity index (χ4n) is 1.65. The van der Waals surface area contributed by atoms with Crippen molar-refractivity contribution in [2.45, 2.75) is 19.4 Å². The van der Waals surface area contributed by atoms with Gasteiger partial charge in [-0.25, -0.2) is 8.78 Å². The third-order valence-corrected chi connectivity index (χ3v) is 2.43. The Hall–Kier alpha value is -1.00. The van der Waals surface area contributed by atoms with Crippen molar-refractivity contribution in [2.75, 3.05) is 20.1 Å². The van der Waals surface area contributed by atoms with Gasteiger partial charge in [0.15, 0.2) is 0 Å². The number of alkyl halides is 2. The molecule has 0 amide bonds. The second kappa shape index (κ2) is 5.92. The first kappa shape index (κ1) is 13.1. The summed E-state index contributed by atoms with van der Waals surface area (Å²) in [6, 6.07) is 7.61. The molecule has 1 unspecified atom stereocenters. The Kier molecular flexibility index (Phi) is 4.83. The molecule has 1 aromatic carbocycles. The van der Waals surface area contributed by atoms with Crippen molar-refractivity contribution in [1.82, 2.24) is 4.90 Å². The molecule has 16 heavy (non-hydrogen) atoms. The van der Waals surface area contributed by atoms with Gasteiger partial charge in [0.25, 0.3) is 6.43 Å². The van der Waals surface area contributed by atoms with Gasteiger partial charge in [-0.2, -0.15) is 0 Å². The van der Waals surface area contributed by atoms with Crippen LogP contribution in [0, 0.1) is 6.92 Å². The van der Waals surface area contributed by atoms with Gasteiger partial charge in [0.05, 0.1) is 6.54 Å². The lowest BCUT2D eigenvalue weighted by Gasteiger charge is -2.21. The standard InChI is InChI=1S/C12H18F2N2/c1-9-4-3-5-10(6-9)11(15)7-16(2)8-12(13)14/h3-6,11-12H,7-8,15H2,1-2H3. The van der Waals surface area contributed by atoms with E-state index < -0.39 is 6.43 Å². The minimum Gasteiger partial charge on any atom is -0.323 e. The highest BCUT2D eigenvalue weighted by atomic mass is 19.3. The molecule has 0 saturated heterocycles. The van der Waals surface area contributed by atoms with E-state index in [2.05, 4.69) is 0 Å². The minimum atomic E-state index is -2.31. The largest absolute Gasteiger partial charge is 0.323 e. The Morgan fingerprint density at radius 3 is 2.56 bits per heavy atom. The molecule has 0 radical (unpaired) electrons. The monoisotopic (exact) mass is 228 g/mol. The van der Waals surface area contributed by atoms with Crippen LogP contribution in [-0.2, 0) is 0 Å². The van der Waals surface area contributed by atoms with E-state index in [1.807, 2.05) is 31.2 Å². The Morgan fingerprint density at radius 1 is 1.31 bits per heavy atom. The van der Waals surface area contributed by atoms with Gasteiger partial charge in [0.1, 0.15) is 0 Å². The number of halogens is 2. The van der Waals surface area contributed by atoms with Crippen LogP contribution >= 0.6 is 0 Å². The quantitative estimate of drug-likeness (QED) is 0.837. The van der Waals surface area contributed by atoms with Crippen LogP contribution in [0.3, 0.4) is 0 Å². The second-order valence-electron chi connectivity index (χ2n) is 4.13. The Labute approximate surface area is 95.1 Å². The van der Waals surface area contributed by atoms with Gasteiger partial charge in [-0.1, -0.05) is 29.8 Å². The minimum absolute atomic E-state index is 0.219. The van der Waals surface area contributed by atoms with Crippen LogP contribution < -0.4 is 5.73 Å². The van der Waals surface area contributed by atoms with Crippen molar-refractivity contribution >= 4 is 0 Å². The lowest BCUT2D eigenvalue weighted by molar-refractivity contribution is 0.0978. The first-order valence-electron chi connectivity index (χ1n) is 5.28. The summed E-state index contributed by atoms with van der Waals surface area (Å²) in [7, 11) is 1.65. The first-order valence-corrected chi connectivity index (χ1v) is 5.28. The van der Waals surface area contributed by atoms with Crippen LogP contribution in [0.1, 0.15) is 17.2 Å². The molecule has 0 aliphatic carbocycles. The zero-order valence-corrected chi connectivity index (χ0v) is 9.66. The molecular formula is C12H18F2N2. The van der Waals surface area contributed by atoms with Gasteiger partial charge in [-0.05, 0) is 19.5 Å². The van der Waals surface area contributed by atoms with Crippen LogP contribution in [0.2, 0.25) is 0 Å². The van der Waals surface area contributed by atoms with Crippen LogP contribution in [0.5, 0.6) is 0 Å². The van der Waals surface area contributed by atoms with Gasteiger partial charge in [0, 0.05) is 12.6 Å². The van der Waals surface area contributed by atoms with Crippen molar-refractivity contribution in [3.05, 3.63) is 35.4 Å². The summed E-state index contributed by atoms with van der Waals surface area (Å²) < 4.78 is 24.2. The number of benzene rings is 1. The Balaban J connectivity index is 2.55. The molecule has 90 valence electrons. The van der Waals surface area contributed by atoms with Crippen LogP contribution in [-0.4, -0.2) is 31.5 Å². The third kappa shape index (κ3) is 4.24. The molecule has 0 spiro atoms. The molecular weight excluding hydrogens is 210 g/mol. The maximum atomic E-state index is 12.1. The zero-order chi connectivity index (χ0) is 12.1. The van der Waals surface area contributed by atoms with E-state index in [0.29, 0.717) is 6.54 Å². The molecule has 0 aromatic heterocycles. The average molecular weight is 228 g/mol. The molecule has 0 aliphatic rings. The van der Waals surface area contributed by atoms with Gasteiger partial charge in [0.2, 0.25) is 0 Å². The zero-order valence-electron chi connectivity index (χ0n) is 9.66. The Morgan fingerprint density at radius 2 is 2.00 bits per heavy atom. The highest BCUT2D eigenvalue weighted by molar-refractivity contribution is 5.24.